The Morgan fingerprint density at radius 2 is 2.04 bits per heavy atom. The van der Waals surface area contributed by atoms with Crippen LogP contribution in [0.4, 0.5) is 0 Å². The van der Waals surface area contributed by atoms with Crippen LogP contribution in [0.25, 0.3) is 6.08 Å². The van der Waals surface area contributed by atoms with Gasteiger partial charge in [0.2, 0.25) is 6.41 Å². The first kappa shape index (κ1) is 20.0. The van der Waals surface area contributed by atoms with Crippen LogP contribution in [-0.2, 0) is 9.59 Å². The van der Waals surface area contributed by atoms with Crippen molar-refractivity contribution in [1.82, 2.24) is 5.32 Å². The van der Waals surface area contributed by atoms with Crippen molar-refractivity contribution in [3.8, 4) is 5.75 Å². The number of nitrogens with one attached hydrogen (secondary N) is 1. The fourth-order valence-corrected chi connectivity index (χ4v) is 2.84. The Morgan fingerprint density at radius 3 is 2.65 bits per heavy atom. The van der Waals surface area contributed by atoms with Gasteiger partial charge in [-0.15, -0.1) is 11.8 Å². The average molecular weight is 392 g/mol. The van der Waals surface area contributed by atoms with Crippen LogP contribution in [-0.4, -0.2) is 30.3 Å². The summed E-state index contributed by atoms with van der Waals surface area (Å²) in [6, 6.07) is 14.0. The molecular formula is C19H18ClNO4S. The van der Waals surface area contributed by atoms with Gasteiger partial charge in [-0.1, -0.05) is 35.9 Å². The number of rotatable bonds is 8. The molecule has 5 nitrogen and oxygen atoms in total. The highest BCUT2D eigenvalue weighted by Gasteiger charge is 2.10. The maximum Gasteiger partial charge on any atom is 0.264 e. The summed E-state index contributed by atoms with van der Waals surface area (Å²) in [6.07, 6.45) is 3.00. The van der Waals surface area contributed by atoms with Crippen molar-refractivity contribution in [3.63, 3.8) is 0 Å². The minimum atomic E-state index is -0.789. The molecule has 0 aliphatic heterocycles. The maximum absolute atomic E-state index is 11.7. The number of amides is 2. The lowest BCUT2D eigenvalue weighted by atomic mass is 10.1. The number of aliphatic hydroxyl groups is 1. The smallest absolute Gasteiger partial charge is 0.264 e. The summed E-state index contributed by atoms with van der Waals surface area (Å²) >= 11 is 7.16. The third kappa shape index (κ3) is 5.91. The Labute approximate surface area is 161 Å². The van der Waals surface area contributed by atoms with Gasteiger partial charge in [0, 0.05) is 5.02 Å². The summed E-state index contributed by atoms with van der Waals surface area (Å²) in [6.45, 7) is 0.0906. The monoisotopic (exact) mass is 391 g/mol. The van der Waals surface area contributed by atoms with Gasteiger partial charge in [0.05, 0.1) is 4.91 Å². The van der Waals surface area contributed by atoms with Gasteiger partial charge in [0.15, 0.2) is 0 Å². The normalized spacial score (nSPS) is 12.3. The van der Waals surface area contributed by atoms with Gasteiger partial charge >= 0.3 is 0 Å². The Hall–Kier alpha value is -2.28. The van der Waals surface area contributed by atoms with Gasteiger partial charge in [-0.05, 0) is 47.7 Å². The Kier molecular flexibility index (Phi) is 7.72. The molecule has 7 heteroatoms. The molecule has 2 aromatic carbocycles. The predicted molar refractivity (Wildman–Crippen MR) is 104 cm³/mol. The highest BCUT2D eigenvalue weighted by atomic mass is 35.5. The van der Waals surface area contributed by atoms with Gasteiger partial charge in [0.1, 0.15) is 18.5 Å². The van der Waals surface area contributed by atoms with E-state index in [0.717, 1.165) is 5.56 Å². The highest BCUT2D eigenvalue weighted by Crippen LogP contribution is 2.21. The van der Waals surface area contributed by atoms with E-state index in [1.165, 1.54) is 11.8 Å². The number of thioether (sulfide) groups is 1. The number of halogens is 1. The molecule has 0 heterocycles. The standard InChI is InChI=1S/C19H18ClNO4S/c1-26-18(19(24)21-12-22)9-13-5-7-16(8-6-13)25-11-17(23)14-3-2-4-15(20)10-14/h2-10,12,17,23H,11H2,1H3,(H,21,22,24)/b18-9-. The van der Waals surface area contributed by atoms with E-state index >= 15 is 0 Å². The van der Waals surface area contributed by atoms with Crippen molar-refractivity contribution >= 4 is 41.8 Å². The number of aliphatic hydroxyl groups excluding tert-OH is 1. The molecule has 2 aromatic rings. The van der Waals surface area contributed by atoms with E-state index in [2.05, 4.69) is 5.32 Å². The Balaban J connectivity index is 1.98. The molecule has 1 atom stereocenters. The molecule has 0 aliphatic carbocycles. The second kappa shape index (κ2) is 10.0. The minimum Gasteiger partial charge on any atom is -0.491 e. The number of hydrogen-bond donors (Lipinski definition) is 2. The highest BCUT2D eigenvalue weighted by molar-refractivity contribution is 8.03. The lowest BCUT2D eigenvalue weighted by molar-refractivity contribution is -0.121. The summed E-state index contributed by atoms with van der Waals surface area (Å²) in [5.74, 6) is 0.142. The van der Waals surface area contributed by atoms with Crippen molar-refractivity contribution in [3.05, 3.63) is 69.6 Å². The molecule has 0 saturated heterocycles. The summed E-state index contributed by atoms with van der Waals surface area (Å²) in [5.41, 5.74) is 1.47. The SMILES string of the molecule is CS/C(=C\c1ccc(OCC(O)c2cccc(Cl)c2)cc1)C(=O)NC=O. The van der Waals surface area contributed by atoms with Crippen LogP contribution in [0, 0.1) is 0 Å². The van der Waals surface area contributed by atoms with E-state index in [-0.39, 0.29) is 6.61 Å². The lowest BCUT2D eigenvalue weighted by Crippen LogP contribution is -2.21. The van der Waals surface area contributed by atoms with Crippen LogP contribution in [0.3, 0.4) is 0 Å². The molecule has 0 aliphatic rings. The molecule has 0 bridgehead atoms. The number of hydrogen-bond acceptors (Lipinski definition) is 5. The summed E-state index contributed by atoms with van der Waals surface area (Å²) in [4.78, 5) is 22.5. The minimum absolute atomic E-state index is 0.0906. The van der Waals surface area contributed by atoms with Gasteiger partial charge in [-0.2, -0.15) is 0 Å². The van der Waals surface area contributed by atoms with Gasteiger partial charge in [0.25, 0.3) is 5.91 Å². The topological polar surface area (TPSA) is 75.6 Å². The van der Waals surface area contributed by atoms with Crippen LogP contribution >= 0.6 is 23.4 Å². The molecule has 0 radical (unpaired) electrons. The first-order chi connectivity index (χ1) is 12.5. The van der Waals surface area contributed by atoms with Crippen molar-refractivity contribution in [2.24, 2.45) is 0 Å². The summed E-state index contributed by atoms with van der Waals surface area (Å²) in [5, 5.41) is 12.8. The maximum atomic E-state index is 11.7. The zero-order valence-corrected chi connectivity index (χ0v) is 15.6. The van der Waals surface area contributed by atoms with E-state index < -0.39 is 12.0 Å². The summed E-state index contributed by atoms with van der Waals surface area (Å²) in [7, 11) is 0. The molecule has 136 valence electrons. The number of benzene rings is 2. The molecule has 0 spiro atoms. The number of ether oxygens (including phenoxy) is 1. The van der Waals surface area contributed by atoms with Crippen molar-refractivity contribution in [2.45, 2.75) is 6.10 Å². The molecule has 0 aromatic heterocycles. The first-order valence-corrected chi connectivity index (χ1v) is 9.30. The molecule has 26 heavy (non-hydrogen) atoms. The van der Waals surface area contributed by atoms with Gasteiger partial charge < -0.3 is 9.84 Å². The first-order valence-electron chi connectivity index (χ1n) is 7.70. The average Bonchev–Trinajstić information content (AvgIpc) is 2.65. The second-order valence-corrected chi connectivity index (χ2v) is 6.54. The van der Waals surface area contributed by atoms with Crippen LogP contribution < -0.4 is 10.1 Å². The zero-order chi connectivity index (χ0) is 18.9. The molecule has 0 fully saturated rings. The van der Waals surface area contributed by atoms with Crippen molar-refractivity contribution in [2.75, 3.05) is 12.9 Å². The number of imide groups is 1. The molecular weight excluding hydrogens is 374 g/mol. The van der Waals surface area contributed by atoms with Gasteiger partial charge in [-0.3, -0.25) is 14.9 Å². The molecule has 2 rings (SSSR count). The molecule has 1 unspecified atom stereocenters. The fourth-order valence-electron chi connectivity index (χ4n) is 2.14. The molecule has 2 amide bonds. The van der Waals surface area contributed by atoms with Crippen LogP contribution in [0.1, 0.15) is 17.2 Å². The van der Waals surface area contributed by atoms with E-state index in [4.69, 9.17) is 16.3 Å². The van der Waals surface area contributed by atoms with Gasteiger partial charge in [-0.25, -0.2) is 0 Å². The summed E-state index contributed by atoms with van der Waals surface area (Å²) < 4.78 is 5.59. The Bertz CT molecular complexity index is 792. The number of carbonyl (C=O) groups is 2. The van der Waals surface area contributed by atoms with E-state index in [1.54, 1.807) is 60.9 Å². The molecule has 2 N–H and O–H groups in total. The van der Waals surface area contributed by atoms with Crippen molar-refractivity contribution in [1.29, 1.82) is 0 Å². The van der Waals surface area contributed by atoms with Crippen LogP contribution in [0.5, 0.6) is 5.75 Å². The Morgan fingerprint density at radius 1 is 1.31 bits per heavy atom. The second-order valence-electron chi connectivity index (χ2n) is 5.25. The quantitative estimate of drug-likeness (QED) is 0.532. The van der Waals surface area contributed by atoms with Crippen LogP contribution in [0.15, 0.2) is 53.4 Å². The van der Waals surface area contributed by atoms with E-state index in [9.17, 15) is 14.7 Å². The van der Waals surface area contributed by atoms with E-state index in [0.29, 0.717) is 27.7 Å². The fraction of sp³-hybridized carbons (Fsp3) is 0.158. The van der Waals surface area contributed by atoms with Crippen LogP contribution in [0.2, 0.25) is 5.02 Å². The van der Waals surface area contributed by atoms with Crippen molar-refractivity contribution < 1.29 is 19.4 Å². The zero-order valence-electron chi connectivity index (χ0n) is 14.0. The third-order valence-electron chi connectivity index (χ3n) is 3.45. The molecule has 0 saturated carbocycles. The largest absolute Gasteiger partial charge is 0.491 e. The third-order valence-corrected chi connectivity index (χ3v) is 4.43. The van der Waals surface area contributed by atoms with E-state index in [1.807, 2.05) is 0 Å². The predicted octanol–water partition coefficient (Wildman–Crippen LogP) is 3.43. The lowest BCUT2D eigenvalue weighted by Gasteiger charge is -2.13. The number of carbonyl (C=O) groups excluding carboxylic acids is 2.